The van der Waals surface area contributed by atoms with E-state index in [0.29, 0.717) is 19.5 Å². The van der Waals surface area contributed by atoms with Crippen molar-refractivity contribution in [3.8, 4) is 0 Å². The highest BCUT2D eigenvalue weighted by Gasteiger charge is 2.30. The van der Waals surface area contributed by atoms with Crippen molar-refractivity contribution < 1.29 is 13.5 Å². The molecule has 0 amide bonds. The zero-order valence-electron chi connectivity index (χ0n) is 10.0. The molecule has 2 unspecified atom stereocenters. The lowest BCUT2D eigenvalue weighted by Crippen LogP contribution is -2.45. The van der Waals surface area contributed by atoms with Crippen LogP contribution in [-0.2, 0) is 10.0 Å². The average molecular weight is 250 g/mol. The fourth-order valence-electron chi connectivity index (χ4n) is 1.82. The zero-order valence-corrected chi connectivity index (χ0v) is 10.8. The number of rotatable bonds is 5. The number of nitrogens with zero attached hydrogens (tertiary/aromatic N) is 1. The van der Waals surface area contributed by atoms with Gasteiger partial charge < -0.3 is 10.4 Å². The lowest BCUT2D eigenvalue weighted by atomic mass is 10.2. The minimum absolute atomic E-state index is 0.305. The second-order valence-corrected chi connectivity index (χ2v) is 6.79. The third-order valence-corrected chi connectivity index (χ3v) is 5.27. The lowest BCUT2D eigenvalue weighted by molar-refractivity contribution is 0.177. The molecule has 0 bridgehead atoms. The van der Waals surface area contributed by atoms with Crippen LogP contribution in [0.1, 0.15) is 26.2 Å². The van der Waals surface area contributed by atoms with E-state index in [1.54, 1.807) is 14.0 Å². The molecule has 0 spiro atoms. The fourth-order valence-corrected chi connectivity index (χ4v) is 3.49. The van der Waals surface area contributed by atoms with Crippen LogP contribution in [0.15, 0.2) is 0 Å². The summed E-state index contributed by atoms with van der Waals surface area (Å²) in [5.74, 6) is 0. The standard InChI is InChI=1S/C10H22N2O3S/c1-9(13)5-7-12(2)16(14,15)10-4-3-6-11-8-10/h9-11,13H,3-8H2,1-2H3. The first-order valence-electron chi connectivity index (χ1n) is 5.78. The van der Waals surface area contributed by atoms with Crippen LogP contribution in [0.3, 0.4) is 0 Å². The minimum atomic E-state index is -3.20. The molecule has 1 fully saturated rings. The van der Waals surface area contributed by atoms with Gasteiger partial charge in [0.25, 0.3) is 0 Å². The summed E-state index contributed by atoms with van der Waals surface area (Å²) >= 11 is 0. The molecule has 2 N–H and O–H groups in total. The van der Waals surface area contributed by atoms with Crippen LogP contribution in [0.25, 0.3) is 0 Å². The topological polar surface area (TPSA) is 69.6 Å². The van der Waals surface area contributed by atoms with Gasteiger partial charge in [0.15, 0.2) is 0 Å². The molecule has 2 atom stereocenters. The van der Waals surface area contributed by atoms with Crippen LogP contribution in [0.4, 0.5) is 0 Å². The van der Waals surface area contributed by atoms with E-state index in [-0.39, 0.29) is 5.25 Å². The van der Waals surface area contributed by atoms with E-state index in [1.807, 2.05) is 0 Å². The SMILES string of the molecule is CC(O)CCN(C)S(=O)(=O)C1CCCNC1. The second kappa shape index (κ2) is 5.95. The summed E-state index contributed by atoms with van der Waals surface area (Å²) in [5.41, 5.74) is 0. The van der Waals surface area contributed by atoms with E-state index < -0.39 is 16.1 Å². The molecule has 0 aromatic rings. The minimum Gasteiger partial charge on any atom is -0.393 e. The molecule has 0 saturated carbocycles. The van der Waals surface area contributed by atoms with Crippen molar-refractivity contribution in [3.63, 3.8) is 0 Å². The Kier molecular flexibility index (Phi) is 5.17. The highest BCUT2D eigenvalue weighted by Crippen LogP contribution is 2.15. The first-order chi connectivity index (χ1) is 7.44. The van der Waals surface area contributed by atoms with Gasteiger partial charge in [-0.05, 0) is 32.7 Å². The summed E-state index contributed by atoms with van der Waals surface area (Å²) in [6.45, 7) is 3.50. The van der Waals surface area contributed by atoms with Crippen molar-refractivity contribution in [3.05, 3.63) is 0 Å². The Morgan fingerprint density at radius 2 is 2.25 bits per heavy atom. The van der Waals surface area contributed by atoms with Gasteiger partial charge in [0.1, 0.15) is 0 Å². The van der Waals surface area contributed by atoms with Crippen molar-refractivity contribution in [2.75, 3.05) is 26.7 Å². The predicted octanol–water partition coefficient (Wildman–Crippen LogP) is -0.229. The van der Waals surface area contributed by atoms with Crippen LogP contribution in [0.5, 0.6) is 0 Å². The number of piperidine rings is 1. The molecular weight excluding hydrogens is 228 g/mol. The smallest absolute Gasteiger partial charge is 0.217 e. The molecular formula is C10H22N2O3S. The predicted molar refractivity (Wildman–Crippen MR) is 63.7 cm³/mol. The summed E-state index contributed by atoms with van der Waals surface area (Å²) in [7, 11) is -1.61. The van der Waals surface area contributed by atoms with Gasteiger partial charge in [0.2, 0.25) is 10.0 Å². The van der Waals surface area contributed by atoms with E-state index in [1.165, 1.54) is 4.31 Å². The molecule has 0 aromatic carbocycles. The highest BCUT2D eigenvalue weighted by atomic mass is 32.2. The number of aliphatic hydroxyl groups is 1. The quantitative estimate of drug-likeness (QED) is 0.707. The fraction of sp³-hybridized carbons (Fsp3) is 1.00. The van der Waals surface area contributed by atoms with Gasteiger partial charge in [0.05, 0.1) is 11.4 Å². The molecule has 0 aliphatic carbocycles. The van der Waals surface area contributed by atoms with Gasteiger partial charge in [-0.15, -0.1) is 0 Å². The Labute approximate surface area is 97.9 Å². The Balaban J connectivity index is 2.54. The van der Waals surface area contributed by atoms with Gasteiger partial charge in [-0.1, -0.05) is 0 Å². The molecule has 1 rings (SSSR count). The van der Waals surface area contributed by atoms with E-state index >= 15 is 0 Å². The number of hydrogen-bond donors (Lipinski definition) is 2. The van der Waals surface area contributed by atoms with Gasteiger partial charge in [-0.25, -0.2) is 12.7 Å². The first kappa shape index (κ1) is 13.9. The third-order valence-electron chi connectivity index (χ3n) is 2.97. The third kappa shape index (κ3) is 3.69. The molecule has 0 radical (unpaired) electrons. The number of sulfonamides is 1. The normalized spacial score (nSPS) is 24.6. The van der Waals surface area contributed by atoms with Crippen LogP contribution >= 0.6 is 0 Å². The lowest BCUT2D eigenvalue weighted by Gasteiger charge is -2.27. The van der Waals surface area contributed by atoms with E-state index in [2.05, 4.69) is 5.32 Å². The Hall–Kier alpha value is -0.170. The largest absolute Gasteiger partial charge is 0.393 e. The van der Waals surface area contributed by atoms with E-state index in [0.717, 1.165) is 19.4 Å². The molecule has 1 aliphatic heterocycles. The molecule has 96 valence electrons. The van der Waals surface area contributed by atoms with Crippen LogP contribution in [0, 0.1) is 0 Å². The van der Waals surface area contributed by atoms with Gasteiger partial charge in [-0.2, -0.15) is 0 Å². The maximum atomic E-state index is 12.1. The number of hydrogen-bond acceptors (Lipinski definition) is 4. The van der Waals surface area contributed by atoms with E-state index in [4.69, 9.17) is 5.11 Å². The highest BCUT2D eigenvalue weighted by molar-refractivity contribution is 7.89. The summed E-state index contributed by atoms with van der Waals surface area (Å²) < 4.78 is 25.6. The molecule has 6 heteroatoms. The van der Waals surface area contributed by atoms with Crippen LogP contribution < -0.4 is 5.32 Å². The average Bonchev–Trinajstić information content (AvgIpc) is 2.27. The maximum Gasteiger partial charge on any atom is 0.217 e. The molecule has 5 nitrogen and oxygen atoms in total. The monoisotopic (exact) mass is 250 g/mol. The Morgan fingerprint density at radius 1 is 1.56 bits per heavy atom. The summed E-state index contributed by atoms with van der Waals surface area (Å²) in [6.07, 6.45) is 1.67. The molecule has 1 aliphatic rings. The van der Waals surface area contributed by atoms with Crippen molar-refractivity contribution in [2.45, 2.75) is 37.5 Å². The summed E-state index contributed by atoms with van der Waals surface area (Å²) in [6, 6.07) is 0. The van der Waals surface area contributed by atoms with Crippen molar-refractivity contribution in [2.24, 2.45) is 0 Å². The molecule has 16 heavy (non-hydrogen) atoms. The molecule has 1 saturated heterocycles. The number of nitrogens with one attached hydrogen (secondary N) is 1. The Morgan fingerprint density at radius 3 is 2.75 bits per heavy atom. The summed E-state index contributed by atoms with van der Waals surface area (Å²) in [4.78, 5) is 0. The van der Waals surface area contributed by atoms with Crippen molar-refractivity contribution in [1.82, 2.24) is 9.62 Å². The number of aliphatic hydroxyl groups excluding tert-OH is 1. The van der Waals surface area contributed by atoms with Gasteiger partial charge >= 0.3 is 0 Å². The molecule has 0 aromatic heterocycles. The van der Waals surface area contributed by atoms with Gasteiger partial charge in [0, 0.05) is 20.1 Å². The van der Waals surface area contributed by atoms with Crippen LogP contribution in [-0.4, -0.2) is 55.9 Å². The second-order valence-electron chi connectivity index (χ2n) is 4.47. The maximum absolute atomic E-state index is 12.1. The Bertz CT molecular complexity index is 297. The van der Waals surface area contributed by atoms with Crippen molar-refractivity contribution in [1.29, 1.82) is 0 Å². The van der Waals surface area contributed by atoms with Gasteiger partial charge in [-0.3, -0.25) is 0 Å². The first-order valence-corrected chi connectivity index (χ1v) is 7.29. The van der Waals surface area contributed by atoms with E-state index in [9.17, 15) is 8.42 Å². The zero-order chi connectivity index (χ0) is 12.2. The molecule has 1 heterocycles. The van der Waals surface area contributed by atoms with Crippen LogP contribution in [0.2, 0.25) is 0 Å². The van der Waals surface area contributed by atoms with Crippen molar-refractivity contribution >= 4 is 10.0 Å². The summed E-state index contributed by atoms with van der Waals surface area (Å²) in [5, 5.41) is 11.9.